The zero-order valence-corrected chi connectivity index (χ0v) is 15.2. The Morgan fingerprint density at radius 1 is 1.04 bits per heavy atom. The number of rotatable bonds is 6. The van der Waals surface area contributed by atoms with Gasteiger partial charge in [0.05, 0.1) is 0 Å². The van der Waals surface area contributed by atoms with E-state index in [4.69, 9.17) is 0 Å². The summed E-state index contributed by atoms with van der Waals surface area (Å²) in [7, 11) is 0. The number of carbonyl (C=O) groups excluding carboxylic acids is 2. The molecular formula is C18H20BrN3O2. The molecule has 126 valence electrons. The summed E-state index contributed by atoms with van der Waals surface area (Å²) in [5, 5.41) is 8.77. The number of halogens is 1. The van der Waals surface area contributed by atoms with Crippen molar-refractivity contribution in [2.45, 2.75) is 20.3 Å². The van der Waals surface area contributed by atoms with Crippen molar-refractivity contribution in [2.75, 3.05) is 22.5 Å². The molecule has 0 spiro atoms. The molecule has 6 heteroatoms. The summed E-state index contributed by atoms with van der Waals surface area (Å²) in [6.45, 7) is 4.00. The third-order valence-electron chi connectivity index (χ3n) is 3.32. The maximum atomic E-state index is 12.0. The highest BCUT2D eigenvalue weighted by atomic mass is 79.9. The van der Waals surface area contributed by atoms with Crippen LogP contribution < -0.4 is 16.0 Å². The van der Waals surface area contributed by atoms with E-state index in [-0.39, 0.29) is 11.8 Å². The Kier molecular flexibility index (Phi) is 6.37. The highest BCUT2D eigenvalue weighted by Crippen LogP contribution is 2.20. The topological polar surface area (TPSA) is 70.2 Å². The maximum Gasteiger partial charge on any atom is 0.226 e. The number of anilines is 3. The summed E-state index contributed by atoms with van der Waals surface area (Å²) in [5.41, 5.74) is 3.45. The third kappa shape index (κ3) is 5.70. The lowest BCUT2D eigenvalue weighted by atomic mass is 10.2. The Balaban J connectivity index is 1.84. The number of hydrogen-bond acceptors (Lipinski definition) is 3. The van der Waals surface area contributed by atoms with Crippen molar-refractivity contribution in [3.8, 4) is 0 Å². The number of carbonyl (C=O) groups is 2. The van der Waals surface area contributed by atoms with Crippen LogP contribution in [-0.4, -0.2) is 18.4 Å². The van der Waals surface area contributed by atoms with Crippen molar-refractivity contribution in [1.29, 1.82) is 0 Å². The van der Waals surface area contributed by atoms with Crippen LogP contribution in [0.5, 0.6) is 0 Å². The summed E-state index contributed by atoms with van der Waals surface area (Å²) in [4.78, 5) is 23.1. The Labute approximate surface area is 150 Å². The van der Waals surface area contributed by atoms with E-state index in [0.717, 1.165) is 15.7 Å². The molecule has 0 unspecified atom stereocenters. The van der Waals surface area contributed by atoms with Crippen molar-refractivity contribution in [3.05, 3.63) is 52.5 Å². The Morgan fingerprint density at radius 2 is 1.75 bits per heavy atom. The summed E-state index contributed by atoms with van der Waals surface area (Å²) in [5.74, 6) is -0.232. The van der Waals surface area contributed by atoms with Crippen LogP contribution in [0.2, 0.25) is 0 Å². The predicted molar refractivity (Wildman–Crippen MR) is 101 cm³/mol. The third-order valence-corrected chi connectivity index (χ3v) is 3.82. The number of hydrogen-bond donors (Lipinski definition) is 3. The standard InChI is InChI=1S/C18H20BrN3O2/c1-12-10-14(19)6-7-17(12)20-9-8-18(24)22-16-5-3-4-15(11-16)21-13(2)23/h3-7,10-11,20H,8-9H2,1-2H3,(H,21,23)(H,22,24). The molecule has 2 amide bonds. The number of amides is 2. The van der Waals surface area contributed by atoms with Gasteiger partial charge in [0.2, 0.25) is 11.8 Å². The molecule has 2 rings (SSSR count). The fraction of sp³-hybridized carbons (Fsp3) is 0.222. The number of aryl methyl sites for hydroxylation is 1. The fourth-order valence-corrected chi connectivity index (χ4v) is 2.71. The van der Waals surface area contributed by atoms with Gasteiger partial charge in [0.25, 0.3) is 0 Å². The van der Waals surface area contributed by atoms with Crippen LogP contribution in [-0.2, 0) is 9.59 Å². The Morgan fingerprint density at radius 3 is 2.42 bits per heavy atom. The van der Waals surface area contributed by atoms with Gasteiger partial charge in [-0.2, -0.15) is 0 Å². The van der Waals surface area contributed by atoms with E-state index in [0.29, 0.717) is 24.3 Å². The van der Waals surface area contributed by atoms with Crippen LogP contribution in [0.1, 0.15) is 18.9 Å². The second kappa shape index (κ2) is 8.49. The van der Waals surface area contributed by atoms with Gasteiger partial charge in [0.15, 0.2) is 0 Å². The van der Waals surface area contributed by atoms with E-state index >= 15 is 0 Å². The first kappa shape index (κ1) is 18.0. The van der Waals surface area contributed by atoms with Crippen molar-refractivity contribution >= 4 is 44.8 Å². The molecule has 0 heterocycles. The lowest BCUT2D eigenvalue weighted by Crippen LogP contribution is -2.16. The van der Waals surface area contributed by atoms with Gasteiger partial charge in [-0.3, -0.25) is 9.59 Å². The van der Waals surface area contributed by atoms with Gasteiger partial charge in [0, 0.05) is 41.4 Å². The molecule has 0 atom stereocenters. The molecule has 3 N–H and O–H groups in total. The molecule has 24 heavy (non-hydrogen) atoms. The van der Waals surface area contributed by atoms with E-state index < -0.39 is 0 Å². The second-order valence-corrected chi connectivity index (χ2v) is 6.36. The first-order valence-electron chi connectivity index (χ1n) is 7.61. The molecule has 0 saturated carbocycles. The molecule has 2 aromatic carbocycles. The molecule has 2 aromatic rings. The number of benzene rings is 2. The van der Waals surface area contributed by atoms with Crippen molar-refractivity contribution in [1.82, 2.24) is 0 Å². The summed E-state index contributed by atoms with van der Waals surface area (Å²) >= 11 is 3.43. The first-order chi connectivity index (χ1) is 11.4. The smallest absolute Gasteiger partial charge is 0.226 e. The molecular weight excluding hydrogens is 370 g/mol. The molecule has 0 fully saturated rings. The predicted octanol–water partition coefficient (Wildman–Crippen LogP) is 4.16. The van der Waals surface area contributed by atoms with Crippen LogP contribution in [0, 0.1) is 6.92 Å². The second-order valence-electron chi connectivity index (χ2n) is 5.45. The Bertz CT molecular complexity index is 747. The SMILES string of the molecule is CC(=O)Nc1cccc(NC(=O)CCNc2ccc(Br)cc2C)c1. The molecule has 0 radical (unpaired) electrons. The minimum absolute atomic E-state index is 0.0859. The van der Waals surface area contributed by atoms with Crippen LogP contribution >= 0.6 is 15.9 Å². The molecule has 0 aliphatic carbocycles. The van der Waals surface area contributed by atoms with E-state index in [9.17, 15) is 9.59 Å². The highest BCUT2D eigenvalue weighted by molar-refractivity contribution is 9.10. The monoisotopic (exact) mass is 389 g/mol. The molecule has 5 nitrogen and oxygen atoms in total. The van der Waals surface area contributed by atoms with E-state index in [2.05, 4.69) is 31.9 Å². The van der Waals surface area contributed by atoms with Gasteiger partial charge in [-0.15, -0.1) is 0 Å². The fourth-order valence-electron chi connectivity index (χ4n) is 2.24. The van der Waals surface area contributed by atoms with Gasteiger partial charge in [-0.25, -0.2) is 0 Å². The Hall–Kier alpha value is -2.34. The minimum Gasteiger partial charge on any atom is -0.384 e. The molecule has 0 saturated heterocycles. The zero-order valence-electron chi connectivity index (χ0n) is 13.7. The lowest BCUT2D eigenvalue weighted by Gasteiger charge is -2.11. The van der Waals surface area contributed by atoms with E-state index in [1.807, 2.05) is 25.1 Å². The largest absolute Gasteiger partial charge is 0.384 e. The van der Waals surface area contributed by atoms with Crippen LogP contribution in [0.25, 0.3) is 0 Å². The van der Waals surface area contributed by atoms with Crippen LogP contribution in [0.15, 0.2) is 46.9 Å². The van der Waals surface area contributed by atoms with Gasteiger partial charge in [-0.1, -0.05) is 22.0 Å². The molecule has 0 aliphatic rings. The summed E-state index contributed by atoms with van der Waals surface area (Å²) in [6, 6.07) is 13.0. The first-order valence-corrected chi connectivity index (χ1v) is 8.41. The van der Waals surface area contributed by atoms with E-state index in [1.54, 1.807) is 24.3 Å². The van der Waals surface area contributed by atoms with Gasteiger partial charge in [0.1, 0.15) is 0 Å². The summed E-state index contributed by atoms with van der Waals surface area (Å²) in [6.07, 6.45) is 0.347. The highest BCUT2D eigenvalue weighted by Gasteiger charge is 2.05. The zero-order chi connectivity index (χ0) is 17.5. The van der Waals surface area contributed by atoms with Crippen molar-refractivity contribution < 1.29 is 9.59 Å². The van der Waals surface area contributed by atoms with E-state index in [1.165, 1.54) is 6.92 Å². The normalized spacial score (nSPS) is 10.1. The van der Waals surface area contributed by atoms with Gasteiger partial charge in [-0.05, 0) is 48.9 Å². The minimum atomic E-state index is -0.146. The lowest BCUT2D eigenvalue weighted by molar-refractivity contribution is -0.116. The van der Waals surface area contributed by atoms with Gasteiger partial charge < -0.3 is 16.0 Å². The van der Waals surface area contributed by atoms with Crippen LogP contribution in [0.4, 0.5) is 17.1 Å². The molecule has 0 aliphatic heterocycles. The average molecular weight is 390 g/mol. The average Bonchev–Trinajstić information content (AvgIpc) is 2.49. The van der Waals surface area contributed by atoms with Crippen LogP contribution in [0.3, 0.4) is 0 Å². The van der Waals surface area contributed by atoms with Crippen molar-refractivity contribution in [3.63, 3.8) is 0 Å². The quantitative estimate of drug-likeness (QED) is 0.694. The van der Waals surface area contributed by atoms with Gasteiger partial charge >= 0.3 is 0 Å². The van der Waals surface area contributed by atoms with Crippen molar-refractivity contribution in [2.24, 2.45) is 0 Å². The maximum absolute atomic E-state index is 12.0. The summed E-state index contributed by atoms with van der Waals surface area (Å²) < 4.78 is 1.03. The molecule has 0 aromatic heterocycles. The number of nitrogens with one attached hydrogen (secondary N) is 3. The molecule has 0 bridgehead atoms.